The molecule has 0 spiro atoms. The number of nitrogens with one attached hydrogen (secondary N) is 1. The Bertz CT molecular complexity index is 1280. The normalized spacial score (nSPS) is 22.3. The smallest absolute Gasteiger partial charge is 0.419 e. The van der Waals surface area contributed by atoms with Crippen LogP contribution in [0.15, 0.2) is 24.4 Å². The van der Waals surface area contributed by atoms with Crippen LogP contribution in [0.4, 0.5) is 27.6 Å². The van der Waals surface area contributed by atoms with Gasteiger partial charge in [0.2, 0.25) is 0 Å². The SMILES string of the molecule is Cc1ncc2c(NC3c4cc(Cl)c(F)c(O)c4C(C)(C)CC3(O)C(F)(F)F)cc(F)cc2n1. The van der Waals surface area contributed by atoms with Crippen molar-refractivity contribution in [2.24, 2.45) is 0 Å². The van der Waals surface area contributed by atoms with E-state index in [0.717, 1.165) is 18.2 Å². The van der Waals surface area contributed by atoms with Crippen LogP contribution >= 0.6 is 11.6 Å². The van der Waals surface area contributed by atoms with E-state index >= 15 is 0 Å². The van der Waals surface area contributed by atoms with Crippen molar-refractivity contribution in [3.63, 3.8) is 0 Å². The fourth-order valence-corrected chi connectivity index (χ4v) is 4.83. The van der Waals surface area contributed by atoms with Crippen molar-refractivity contribution in [1.82, 2.24) is 9.97 Å². The van der Waals surface area contributed by atoms with Crippen LogP contribution in [0.1, 0.15) is 43.3 Å². The molecule has 2 aromatic carbocycles. The van der Waals surface area contributed by atoms with Gasteiger partial charge >= 0.3 is 6.18 Å². The van der Waals surface area contributed by atoms with Gasteiger partial charge in [-0.3, -0.25) is 0 Å². The lowest BCUT2D eigenvalue weighted by Gasteiger charge is -2.49. The fraction of sp³-hybridized carbons (Fsp3) is 0.364. The molecule has 0 aliphatic heterocycles. The summed E-state index contributed by atoms with van der Waals surface area (Å²) in [6.45, 7) is 4.26. The van der Waals surface area contributed by atoms with Crippen LogP contribution in [0.25, 0.3) is 10.9 Å². The number of phenols is 1. The number of aromatic nitrogens is 2. The molecule has 0 radical (unpaired) electrons. The van der Waals surface area contributed by atoms with Crippen molar-refractivity contribution in [3.05, 3.63) is 58.0 Å². The Kier molecular flexibility index (Phi) is 5.25. The highest BCUT2D eigenvalue weighted by molar-refractivity contribution is 6.31. The highest BCUT2D eigenvalue weighted by atomic mass is 35.5. The molecular formula is C22H19ClF5N3O2. The molecule has 0 amide bonds. The number of alkyl halides is 3. The van der Waals surface area contributed by atoms with Crippen molar-refractivity contribution in [2.75, 3.05) is 5.32 Å². The van der Waals surface area contributed by atoms with Crippen molar-refractivity contribution >= 4 is 28.2 Å². The Hall–Kier alpha value is -2.72. The highest BCUT2D eigenvalue weighted by Gasteiger charge is 2.64. The minimum atomic E-state index is -5.15. The summed E-state index contributed by atoms with van der Waals surface area (Å²) >= 11 is 5.85. The minimum absolute atomic E-state index is 0.122. The zero-order chi connectivity index (χ0) is 24.5. The van der Waals surface area contributed by atoms with Crippen LogP contribution in [0, 0.1) is 18.6 Å². The molecule has 0 saturated carbocycles. The van der Waals surface area contributed by atoms with Gasteiger partial charge in [-0.15, -0.1) is 0 Å². The number of phenolic OH excluding ortho intramolecular Hbond substituents is 1. The summed E-state index contributed by atoms with van der Waals surface area (Å²) in [6, 6.07) is 1.02. The van der Waals surface area contributed by atoms with E-state index in [2.05, 4.69) is 15.3 Å². The molecule has 5 nitrogen and oxygen atoms in total. The summed E-state index contributed by atoms with van der Waals surface area (Å²) < 4.78 is 71.6. The Morgan fingerprint density at radius 1 is 1.18 bits per heavy atom. The Labute approximate surface area is 190 Å². The maximum atomic E-state index is 14.4. The van der Waals surface area contributed by atoms with Crippen LogP contribution < -0.4 is 5.32 Å². The van der Waals surface area contributed by atoms with Gasteiger partial charge < -0.3 is 15.5 Å². The van der Waals surface area contributed by atoms with Gasteiger partial charge in [-0.25, -0.2) is 18.7 Å². The van der Waals surface area contributed by atoms with Crippen molar-refractivity contribution < 1.29 is 32.2 Å². The molecule has 3 aromatic rings. The van der Waals surface area contributed by atoms with Gasteiger partial charge in [0.25, 0.3) is 0 Å². The molecule has 1 aliphatic carbocycles. The maximum absolute atomic E-state index is 14.4. The van der Waals surface area contributed by atoms with Crippen LogP contribution in [-0.2, 0) is 5.41 Å². The number of anilines is 1. The fourth-order valence-electron chi connectivity index (χ4n) is 4.62. The van der Waals surface area contributed by atoms with Gasteiger partial charge in [-0.2, -0.15) is 13.2 Å². The van der Waals surface area contributed by atoms with E-state index in [4.69, 9.17) is 11.6 Å². The molecule has 0 saturated heterocycles. The molecule has 1 aromatic heterocycles. The molecule has 1 heterocycles. The van der Waals surface area contributed by atoms with Crippen LogP contribution in [-0.4, -0.2) is 32.0 Å². The zero-order valence-electron chi connectivity index (χ0n) is 17.7. The first kappa shape index (κ1) is 23.4. The second kappa shape index (κ2) is 7.39. The van der Waals surface area contributed by atoms with E-state index in [9.17, 15) is 32.2 Å². The number of aliphatic hydroxyl groups is 1. The third-order valence-electron chi connectivity index (χ3n) is 5.98. The molecule has 33 heavy (non-hydrogen) atoms. The molecule has 4 rings (SSSR count). The Balaban J connectivity index is 2.01. The molecule has 0 fully saturated rings. The number of aryl methyl sites for hydroxylation is 1. The standard InChI is InChI=1S/C22H19ClF5N3O2/c1-9-29-7-12-14(30-9)4-10(24)5-15(12)31-19-11-6-13(23)17(25)18(32)16(11)20(2,3)8-21(19,33)22(26,27)28/h4-7,19,31-33H,8H2,1-3H3. The third kappa shape index (κ3) is 3.65. The minimum Gasteiger partial charge on any atom is -0.505 e. The number of fused-ring (bicyclic) bond motifs is 2. The molecule has 0 bridgehead atoms. The number of hydrogen-bond donors (Lipinski definition) is 3. The maximum Gasteiger partial charge on any atom is 0.419 e. The summed E-state index contributed by atoms with van der Waals surface area (Å²) in [5.41, 5.74) is -5.25. The van der Waals surface area contributed by atoms with Gasteiger partial charge in [0.15, 0.2) is 17.2 Å². The lowest BCUT2D eigenvalue weighted by Crippen LogP contribution is -2.58. The average molecular weight is 488 g/mol. The quantitative estimate of drug-likeness (QED) is 0.404. The van der Waals surface area contributed by atoms with Crippen LogP contribution in [0.2, 0.25) is 5.02 Å². The summed E-state index contributed by atoms with van der Waals surface area (Å²) in [4.78, 5) is 8.11. The van der Waals surface area contributed by atoms with Crippen LogP contribution in [0.3, 0.4) is 0 Å². The van der Waals surface area contributed by atoms with Gasteiger partial charge in [0.1, 0.15) is 11.6 Å². The Morgan fingerprint density at radius 2 is 1.85 bits per heavy atom. The van der Waals surface area contributed by atoms with Crippen molar-refractivity contribution in [3.8, 4) is 5.75 Å². The average Bonchev–Trinajstić information content (AvgIpc) is 2.66. The second-order valence-corrected chi connectivity index (χ2v) is 9.26. The van der Waals surface area contributed by atoms with Crippen molar-refractivity contribution in [2.45, 2.75) is 50.4 Å². The molecule has 2 atom stereocenters. The first-order valence-electron chi connectivity index (χ1n) is 9.85. The molecule has 176 valence electrons. The van der Waals surface area contributed by atoms with Gasteiger partial charge in [-0.1, -0.05) is 25.4 Å². The molecule has 3 N–H and O–H groups in total. The van der Waals surface area contributed by atoms with Gasteiger partial charge in [-0.05, 0) is 36.5 Å². The van der Waals surface area contributed by atoms with Gasteiger partial charge in [0, 0.05) is 28.9 Å². The largest absolute Gasteiger partial charge is 0.505 e. The van der Waals surface area contributed by atoms with E-state index < -0.39 is 52.1 Å². The molecular weight excluding hydrogens is 469 g/mol. The summed E-state index contributed by atoms with van der Waals surface area (Å²) in [7, 11) is 0. The van der Waals surface area contributed by atoms with E-state index in [1.165, 1.54) is 20.0 Å². The predicted octanol–water partition coefficient (Wildman–Crippen LogP) is 5.70. The molecule has 1 aliphatic rings. The highest BCUT2D eigenvalue weighted by Crippen LogP contribution is 2.57. The van der Waals surface area contributed by atoms with E-state index in [1.807, 2.05) is 0 Å². The number of hydrogen-bond acceptors (Lipinski definition) is 5. The van der Waals surface area contributed by atoms with Gasteiger partial charge in [0.05, 0.1) is 16.6 Å². The lowest BCUT2D eigenvalue weighted by molar-refractivity contribution is -0.276. The first-order chi connectivity index (χ1) is 15.2. The summed E-state index contributed by atoms with van der Waals surface area (Å²) in [5.74, 6) is -2.54. The van der Waals surface area contributed by atoms with E-state index in [1.54, 1.807) is 6.92 Å². The number of nitrogens with zero attached hydrogens (tertiary/aromatic N) is 2. The van der Waals surface area contributed by atoms with Crippen molar-refractivity contribution in [1.29, 1.82) is 0 Å². The van der Waals surface area contributed by atoms with E-state index in [0.29, 0.717) is 5.82 Å². The number of rotatable bonds is 2. The zero-order valence-corrected chi connectivity index (χ0v) is 18.4. The second-order valence-electron chi connectivity index (χ2n) is 8.85. The molecule has 11 heteroatoms. The predicted molar refractivity (Wildman–Crippen MR) is 112 cm³/mol. The lowest BCUT2D eigenvalue weighted by atomic mass is 9.63. The Morgan fingerprint density at radius 3 is 2.48 bits per heavy atom. The summed E-state index contributed by atoms with van der Waals surface area (Å²) in [6.07, 6.45) is -4.74. The van der Waals surface area contributed by atoms with Crippen LogP contribution in [0.5, 0.6) is 5.75 Å². The topological polar surface area (TPSA) is 78.3 Å². The number of halogens is 6. The first-order valence-corrected chi connectivity index (χ1v) is 10.2. The molecule has 2 unspecified atom stereocenters. The summed E-state index contributed by atoms with van der Waals surface area (Å²) in [5, 5.41) is 23.6. The van der Waals surface area contributed by atoms with E-state index in [-0.39, 0.29) is 27.7 Å². The third-order valence-corrected chi connectivity index (χ3v) is 6.25. The monoisotopic (exact) mass is 487 g/mol. The number of benzene rings is 2. The number of aromatic hydroxyl groups is 1.